The van der Waals surface area contributed by atoms with Gasteiger partial charge in [-0.05, 0) is 37.1 Å². The van der Waals surface area contributed by atoms with Gasteiger partial charge in [-0.2, -0.15) is 5.26 Å². The van der Waals surface area contributed by atoms with Crippen molar-refractivity contribution in [2.75, 3.05) is 0 Å². The molecule has 1 N–H and O–H groups in total. The molecule has 0 aliphatic heterocycles. The molecule has 106 valence electrons. The number of Topliss-reactive ketones (excluding diaryl/α,β-unsaturated/α-hetero) is 1. The number of aromatic nitrogens is 1. The van der Waals surface area contributed by atoms with Crippen LogP contribution in [0.25, 0.3) is 0 Å². The number of aryl methyl sites for hydroxylation is 1. The lowest BCUT2D eigenvalue weighted by Gasteiger charge is -2.11. The van der Waals surface area contributed by atoms with Gasteiger partial charge in [0, 0.05) is 22.2 Å². The van der Waals surface area contributed by atoms with Crippen molar-refractivity contribution in [3.63, 3.8) is 0 Å². The Balaban J connectivity index is 2.40. The molecule has 2 rings (SSSR count). The van der Waals surface area contributed by atoms with E-state index in [0.717, 1.165) is 21.3 Å². The van der Waals surface area contributed by atoms with Crippen molar-refractivity contribution < 1.29 is 4.79 Å². The fraction of sp³-hybridized carbons (Fsp3) is 0.188. The lowest BCUT2D eigenvalue weighted by Crippen LogP contribution is -2.09. The Hall–Kier alpha value is -1.77. The topological polar surface area (TPSA) is 56.6 Å². The highest BCUT2D eigenvalue weighted by Crippen LogP contribution is 2.20. The Morgan fingerprint density at radius 2 is 1.95 bits per heavy atom. The molecule has 0 fully saturated rings. The number of halogens is 1. The van der Waals surface area contributed by atoms with Gasteiger partial charge in [0.15, 0.2) is 5.78 Å². The van der Waals surface area contributed by atoms with Crippen LogP contribution in [-0.4, -0.2) is 10.8 Å². The predicted octanol–water partition coefficient (Wildman–Crippen LogP) is 4.42. The first-order valence-electron chi connectivity index (χ1n) is 6.35. The highest BCUT2D eigenvalue weighted by molar-refractivity contribution is 9.10. The van der Waals surface area contributed by atoms with Crippen molar-refractivity contribution in [1.29, 1.82) is 5.26 Å². The Morgan fingerprint density at radius 1 is 1.33 bits per heavy atom. The summed E-state index contributed by atoms with van der Waals surface area (Å²) in [5, 5.41) is 9.17. The van der Waals surface area contributed by atoms with Gasteiger partial charge in [-0.15, -0.1) is 0 Å². The maximum absolute atomic E-state index is 12.4. The molecule has 0 amide bonds. The molecule has 1 aromatic carbocycles. The average molecular weight is 361 g/mol. The van der Waals surface area contributed by atoms with Crippen molar-refractivity contribution in [3.05, 3.63) is 61.3 Å². The standard InChI is InChI=1S/C16H13BrN2OS/c1-9-13(10(2)19-16(21)14(9)8-18)7-15(20)11-3-5-12(17)6-4-11/h3-6H,7H2,1-2H3,(H,19,21). The molecule has 0 aliphatic carbocycles. The fourth-order valence-electron chi connectivity index (χ4n) is 2.21. The monoisotopic (exact) mass is 360 g/mol. The number of hydrogen-bond donors (Lipinski definition) is 1. The van der Waals surface area contributed by atoms with Gasteiger partial charge in [-0.3, -0.25) is 4.79 Å². The van der Waals surface area contributed by atoms with Crippen LogP contribution in [0.1, 0.15) is 32.7 Å². The maximum Gasteiger partial charge on any atom is 0.167 e. The number of carbonyl (C=O) groups excluding carboxylic acids is 1. The van der Waals surface area contributed by atoms with Crippen LogP contribution >= 0.6 is 28.1 Å². The number of nitriles is 1. The Morgan fingerprint density at radius 3 is 2.52 bits per heavy atom. The number of nitrogens with zero attached hydrogens (tertiary/aromatic N) is 1. The highest BCUT2D eigenvalue weighted by Gasteiger charge is 2.14. The minimum Gasteiger partial charge on any atom is -0.349 e. The quantitative estimate of drug-likeness (QED) is 0.650. The SMILES string of the molecule is Cc1[nH]c(=S)c(C#N)c(C)c1CC(=O)c1ccc(Br)cc1. The molecular formula is C16H13BrN2OS. The fourth-order valence-corrected chi connectivity index (χ4v) is 2.83. The maximum atomic E-state index is 12.4. The van der Waals surface area contributed by atoms with Crippen LogP contribution in [0.2, 0.25) is 0 Å². The van der Waals surface area contributed by atoms with Gasteiger partial charge in [0.25, 0.3) is 0 Å². The van der Waals surface area contributed by atoms with E-state index in [1.807, 2.05) is 26.0 Å². The van der Waals surface area contributed by atoms with E-state index in [0.29, 0.717) is 15.8 Å². The minimum atomic E-state index is 0.0168. The molecule has 0 atom stereocenters. The summed E-state index contributed by atoms with van der Waals surface area (Å²) < 4.78 is 1.36. The third kappa shape index (κ3) is 3.29. The second-order valence-electron chi connectivity index (χ2n) is 4.78. The van der Waals surface area contributed by atoms with E-state index < -0.39 is 0 Å². The van der Waals surface area contributed by atoms with Gasteiger partial charge in [-0.1, -0.05) is 40.3 Å². The van der Waals surface area contributed by atoms with Crippen molar-refractivity contribution in [1.82, 2.24) is 4.98 Å². The van der Waals surface area contributed by atoms with Crippen LogP contribution in [0.4, 0.5) is 0 Å². The third-order valence-corrected chi connectivity index (χ3v) is 4.26. The van der Waals surface area contributed by atoms with Crippen molar-refractivity contribution >= 4 is 33.9 Å². The Bertz CT molecular complexity index is 801. The van der Waals surface area contributed by atoms with Crippen molar-refractivity contribution in [3.8, 4) is 6.07 Å². The summed E-state index contributed by atoms with van der Waals surface area (Å²) in [6.45, 7) is 3.70. The molecule has 0 bridgehead atoms. The molecule has 2 aromatic rings. The van der Waals surface area contributed by atoms with E-state index in [9.17, 15) is 4.79 Å². The van der Waals surface area contributed by atoms with Crippen LogP contribution in [0.15, 0.2) is 28.7 Å². The average Bonchev–Trinajstić information content (AvgIpc) is 2.44. The summed E-state index contributed by atoms with van der Waals surface area (Å²) in [6, 6.07) is 9.35. The zero-order valence-corrected chi connectivity index (χ0v) is 14.1. The lowest BCUT2D eigenvalue weighted by molar-refractivity contribution is 0.0992. The molecule has 0 unspecified atom stereocenters. The first-order chi connectivity index (χ1) is 9.93. The van der Waals surface area contributed by atoms with E-state index in [4.69, 9.17) is 17.5 Å². The number of carbonyl (C=O) groups is 1. The van der Waals surface area contributed by atoms with Gasteiger partial charge in [0.1, 0.15) is 10.7 Å². The van der Waals surface area contributed by atoms with Crippen LogP contribution in [0.3, 0.4) is 0 Å². The summed E-state index contributed by atoms with van der Waals surface area (Å²) in [4.78, 5) is 15.4. The van der Waals surface area contributed by atoms with Crippen molar-refractivity contribution in [2.45, 2.75) is 20.3 Å². The van der Waals surface area contributed by atoms with Gasteiger partial charge in [0.05, 0.1) is 5.56 Å². The number of ketones is 1. The minimum absolute atomic E-state index is 0.0168. The second kappa shape index (κ2) is 6.33. The molecule has 0 saturated heterocycles. The molecule has 5 heteroatoms. The van der Waals surface area contributed by atoms with Gasteiger partial charge in [-0.25, -0.2) is 0 Å². The summed E-state index contributed by atoms with van der Waals surface area (Å²) in [6.07, 6.45) is 0.250. The zero-order chi connectivity index (χ0) is 15.6. The number of aromatic amines is 1. The number of nitrogens with one attached hydrogen (secondary N) is 1. The van der Waals surface area contributed by atoms with E-state index in [1.54, 1.807) is 12.1 Å². The summed E-state index contributed by atoms with van der Waals surface area (Å²) in [5.41, 5.74) is 3.55. The summed E-state index contributed by atoms with van der Waals surface area (Å²) in [7, 11) is 0. The molecule has 0 radical (unpaired) electrons. The molecule has 0 aliphatic rings. The van der Waals surface area contributed by atoms with Crippen LogP contribution in [0, 0.1) is 29.8 Å². The number of benzene rings is 1. The molecule has 1 heterocycles. The van der Waals surface area contributed by atoms with Crippen LogP contribution in [-0.2, 0) is 6.42 Å². The zero-order valence-electron chi connectivity index (χ0n) is 11.7. The predicted molar refractivity (Wildman–Crippen MR) is 88.0 cm³/mol. The largest absolute Gasteiger partial charge is 0.349 e. The Kier molecular flexibility index (Phi) is 4.71. The van der Waals surface area contributed by atoms with E-state index in [2.05, 4.69) is 27.0 Å². The normalized spacial score (nSPS) is 10.2. The highest BCUT2D eigenvalue weighted by atomic mass is 79.9. The van der Waals surface area contributed by atoms with Gasteiger partial charge >= 0.3 is 0 Å². The molecule has 3 nitrogen and oxygen atoms in total. The van der Waals surface area contributed by atoms with Crippen molar-refractivity contribution in [2.24, 2.45) is 0 Å². The van der Waals surface area contributed by atoms with Gasteiger partial charge in [0.2, 0.25) is 0 Å². The number of hydrogen-bond acceptors (Lipinski definition) is 3. The first kappa shape index (κ1) is 15.6. The van der Waals surface area contributed by atoms with E-state index >= 15 is 0 Å². The molecule has 0 spiro atoms. The smallest absolute Gasteiger partial charge is 0.167 e. The number of rotatable bonds is 3. The third-order valence-electron chi connectivity index (χ3n) is 3.42. The molecule has 1 aromatic heterocycles. The second-order valence-corrected chi connectivity index (χ2v) is 6.10. The number of H-pyrrole nitrogens is 1. The number of pyridine rings is 1. The van der Waals surface area contributed by atoms with Gasteiger partial charge < -0.3 is 4.98 Å². The molecular weight excluding hydrogens is 348 g/mol. The Labute approximate surface area is 136 Å². The molecule has 21 heavy (non-hydrogen) atoms. The van der Waals surface area contributed by atoms with E-state index in [-0.39, 0.29) is 12.2 Å². The van der Waals surface area contributed by atoms with Crippen LogP contribution in [0.5, 0.6) is 0 Å². The lowest BCUT2D eigenvalue weighted by atomic mass is 9.96. The van der Waals surface area contributed by atoms with E-state index in [1.165, 1.54) is 0 Å². The first-order valence-corrected chi connectivity index (χ1v) is 7.55. The summed E-state index contributed by atoms with van der Waals surface area (Å²) >= 11 is 8.49. The summed E-state index contributed by atoms with van der Waals surface area (Å²) in [5.74, 6) is 0.0168. The van der Waals surface area contributed by atoms with Crippen LogP contribution < -0.4 is 0 Å². The molecule has 0 saturated carbocycles.